The minimum absolute atomic E-state index is 0.708. The van der Waals surface area contributed by atoms with E-state index < -0.39 is 18.4 Å². The molecule has 2 atom stereocenters. The summed E-state index contributed by atoms with van der Waals surface area (Å²) in [6.45, 7) is 0. The van der Waals surface area contributed by atoms with Gasteiger partial charge in [-0.3, -0.25) is 0 Å². The summed E-state index contributed by atoms with van der Waals surface area (Å²) in [6, 6.07) is 0. The fraction of sp³-hybridized carbons (Fsp3) is 0.286. The third kappa shape index (κ3) is 5.45. The van der Waals surface area contributed by atoms with Crippen molar-refractivity contribution in [3.63, 3.8) is 0 Å². The van der Waals surface area contributed by atoms with Crippen LogP contribution in [0.2, 0.25) is 0 Å². The normalized spacial score (nSPS) is 25.8. The molecule has 5 nitrogen and oxygen atoms in total. The number of aliphatic hydroxyl groups is 2. The van der Waals surface area contributed by atoms with Crippen LogP contribution in [0.25, 0.3) is 0 Å². The van der Waals surface area contributed by atoms with Gasteiger partial charge in [0.1, 0.15) is 12.2 Å². The molecule has 2 unspecified atom stereocenters. The minimum Gasteiger partial charge on any atom is -0.450 e. The van der Waals surface area contributed by atoms with Gasteiger partial charge in [0, 0.05) is 0 Å². The maximum Gasteiger partial charge on any atom is 0.503 e. The van der Waals surface area contributed by atoms with Crippen molar-refractivity contribution >= 4 is 6.16 Å². The van der Waals surface area contributed by atoms with Crippen molar-refractivity contribution < 1.29 is 25.2 Å². The highest BCUT2D eigenvalue weighted by Gasteiger charge is 2.09. The molecular weight excluding hydrogens is 164 g/mol. The molecule has 0 amide bonds. The van der Waals surface area contributed by atoms with Crippen molar-refractivity contribution in [1.82, 2.24) is 0 Å². The van der Waals surface area contributed by atoms with Crippen LogP contribution >= 0.6 is 0 Å². The lowest BCUT2D eigenvalue weighted by Gasteiger charge is -2.11. The molecule has 0 radical (unpaired) electrons. The molecule has 0 saturated heterocycles. The number of hydrogen-bond acceptors (Lipinski definition) is 3. The summed E-state index contributed by atoms with van der Waals surface area (Å²) in [5.41, 5.74) is 0. The van der Waals surface area contributed by atoms with Gasteiger partial charge in [0.2, 0.25) is 0 Å². The van der Waals surface area contributed by atoms with Gasteiger partial charge in [-0.05, 0) is 0 Å². The maximum absolute atomic E-state index is 8.79. The first-order valence-corrected chi connectivity index (χ1v) is 3.17. The first-order valence-electron chi connectivity index (χ1n) is 3.17. The third-order valence-corrected chi connectivity index (χ3v) is 1.08. The number of hydrogen-bond donors (Lipinski definition) is 4. The third-order valence-electron chi connectivity index (χ3n) is 1.08. The molecule has 1 aliphatic rings. The van der Waals surface area contributed by atoms with Crippen LogP contribution in [0, 0.1) is 0 Å². The standard InChI is InChI=1S/C6H8O2.CH2O3/c7-5-3-1-2-4-6(5)8;2-1(3)4/h1-8H;(H2,2,3,4). The molecule has 0 aliphatic heterocycles. The molecule has 5 heteroatoms. The van der Waals surface area contributed by atoms with Crippen molar-refractivity contribution in [3.05, 3.63) is 24.3 Å². The molecule has 0 aromatic carbocycles. The van der Waals surface area contributed by atoms with Gasteiger partial charge in [-0.2, -0.15) is 0 Å². The molecular formula is C7H10O5. The van der Waals surface area contributed by atoms with E-state index in [2.05, 4.69) is 0 Å². The average Bonchev–Trinajstić information content (AvgIpc) is 1.94. The lowest BCUT2D eigenvalue weighted by molar-refractivity contribution is 0.0794. The van der Waals surface area contributed by atoms with E-state index in [1.165, 1.54) is 0 Å². The lowest BCUT2D eigenvalue weighted by Crippen LogP contribution is -2.22. The number of allylic oxidation sites excluding steroid dienone is 2. The van der Waals surface area contributed by atoms with Crippen molar-refractivity contribution in [2.24, 2.45) is 0 Å². The summed E-state index contributed by atoms with van der Waals surface area (Å²) in [5.74, 6) is 0. The smallest absolute Gasteiger partial charge is 0.450 e. The topological polar surface area (TPSA) is 98.0 Å². The van der Waals surface area contributed by atoms with Gasteiger partial charge in [0.05, 0.1) is 0 Å². The SMILES string of the molecule is O=C(O)O.OC1C=CC=CC1O. The zero-order valence-corrected chi connectivity index (χ0v) is 6.16. The molecule has 1 aliphatic carbocycles. The van der Waals surface area contributed by atoms with E-state index in [4.69, 9.17) is 25.2 Å². The van der Waals surface area contributed by atoms with E-state index in [0.717, 1.165) is 0 Å². The Morgan fingerprint density at radius 1 is 1.00 bits per heavy atom. The summed E-state index contributed by atoms with van der Waals surface area (Å²) in [5, 5.41) is 31.5. The predicted molar refractivity (Wildman–Crippen MR) is 40.9 cm³/mol. The highest BCUT2D eigenvalue weighted by atomic mass is 16.6. The molecule has 0 bridgehead atoms. The Hall–Kier alpha value is -1.33. The van der Waals surface area contributed by atoms with Gasteiger partial charge in [0.15, 0.2) is 0 Å². The molecule has 0 fully saturated rings. The Balaban J connectivity index is 0.000000261. The van der Waals surface area contributed by atoms with Gasteiger partial charge in [-0.1, -0.05) is 24.3 Å². The number of rotatable bonds is 0. The Kier molecular flexibility index (Phi) is 4.75. The van der Waals surface area contributed by atoms with E-state index in [-0.39, 0.29) is 0 Å². The summed E-state index contributed by atoms with van der Waals surface area (Å²) in [7, 11) is 0. The zero-order chi connectivity index (χ0) is 9.56. The highest BCUT2D eigenvalue weighted by molar-refractivity contribution is 5.53. The van der Waals surface area contributed by atoms with Crippen molar-refractivity contribution in [2.75, 3.05) is 0 Å². The largest absolute Gasteiger partial charge is 0.503 e. The molecule has 4 N–H and O–H groups in total. The van der Waals surface area contributed by atoms with Gasteiger partial charge < -0.3 is 20.4 Å². The molecule has 0 spiro atoms. The second-order valence-corrected chi connectivity index (χ2v) is 2.03. The second-order valence-electron chi connectivity index (χ2n) is 2.03. The molecule has 0 aromatic rings. The van der Waals surface area contributed by atoms with Gasteiger partial charge in [0.25, 0.3) is 0 Å². The summed E-state index contributed by atoms with van der Waals surface area (Å²) in [4.78, 5) is 8.56. The maximum atomic E-state index is 8.79. The fourth-order valence-corrected chi connectivity index (χ4v) is 0.584. The van der Waals surface area contributed by atoms with Gasteiger partial charge in [-0.25, -0.2) is 4.79 Å². The van der Waals surface area contributed by atoms with Crippen LogP contribution in [0.15, 0.2) is 24.3 Å². The van der Waals surface area contributed by atoms with E-state index >= 15 is 0 Å². The van der Waals surface area contributed by atoms with Crippen LogP contribution < -0.4 is 0 Å². The molecule has 0 saturated carbocycles. The van der Waals surface area contributed by atoms with Crippen LogP contribution in [0.4, 0.5) is 4.79 Å². The Morgan fingerprint density at radius 3 is 1.42 bits per heavy atom. The van der Waals surface area contributed by atoms with Crippen LogP contribution in [0.1, 0.15) is 0 Å². The fourth-order valence-electron chi connectivity index (χ4n) is 0.584. The van der Waals surface area contributed by atoms with Crippen LogP contribution in [-0.4, -0.2) is 38.8 Å². The molecule has 12 heavy (non-hydrogen) atoms. The van der Waals surface area contributed by atoms with E-state index in [1.807, 2.05) is 0 Å². The van der Waals surface area contributed by atoms with E-state index in [0.29, 0.717) is 0 Å². The Morgan fingerprint density at radius 2 is 1.25 bits per heavy atom. The highest BCUT2D eigenvalue weighted by Crippen LogP contribution is 2.02. The molecule has 1 rings (SSSR count). The zero-order valence-electron chi connectivity index (χ0n) is 6.16. The second kappa shape index (κ2) is 5.34. The number of aliphatic hydroxyl groups excluding tert-OH is 2. The Bertz CT molecular complexity index is 176. The van der Waals surface area contributed by atoms with Crippen LogP contribution in [-0.2, 0) is 0 Å². The predicted octanol–water partition coefficient (Wildman–Crippen LogP) is 0.0566. The molecule has 0 aromatic heterocycles. The monoisotopic (exact) mass is 174 g/mol. The molecule has 0 heterocycles. The van der Waals surface area contributed by atoms with E-state index in [9.17, 15) is 0 Å². The van der Waals surface area contributed by atoms with Crippen LogP contribution in [0.5, 0.6) is 0 Å². The van der Waals surface area contributed by atoms with Crippen molar-refractivity contribution in [3.8, 4) is 0 Å². The number of carboxylic acid groups (broad SMARTS) is 2. The summed E-state index contributed by atoms with van der Waals surface area (Å²) < 4.78 is 0. The van der Waals surface area contributed by atoms with Crippen molar-refractivity contribution in [2.45, 2.75) is 12.2 Å². The molecule has 68 valence electrons. The van der Waals surface area contributed by atoms with E-state index in [1.54, 1.807) is 24.3 Å². The minimum atomic E-state index is -1.83. The van der Waals surface area contributed by atoms with Gasteiger partial charge in [-0.15, -0.1) is 0 Å². The summed E-state index contributed by atoms with van der Waals surface area (Å²) in [6.07, 6.45) is 3.25. The first kappa shape index (κ1) is 10.7. The summed E-state index contributed by atoms with van der Waals surface area (Å²) >= 11 is 0. The Labute approximate surface area is 68.9 Å². The first-order chi connectivity index (χ1) is 5.54. The van der Waals surface area contributed by atoms with Crippen LogP contribution in [0.3, 0.4) is 0 Å². The average molecular weight is 174 g/mol. The number of carbonyl (C=O) groups is 1. The van der Waals surface area contributed by atoms with Gasteiger partial charge >= 0.3 is 6.16 Å². The quantitative estimate of drug-likeness (QED) is 0.416. The van der Waals surface area contributed by atoms with Crippen molar-refractivity contribution in [1.29, 1.82) is 0 Å². The lowest BCUT2D eigenvalue weighted by atomic mass is 10.1.